The van der Waals surface area contributed by atoms with Crippen LogP contribution in [-0.4, -0.2) is 61.9 Å². The van der Waals surface area contributed by atoms with E-state index in [1.807, 2.05) is 0 Å². The van der Waals surface area contributed by atoms with Gasteiger partial charge in [0.25, 0.3) is 5.91 Å². The number of aromatic hydroxyl groups is 2. The maximum Gasteiger partial charge on any atom is 0.262 e. The van der Waals surface area contributed by atoms with Crippen LogP contribution in [0.5, 0.6) is 11.5 Å². The number of phenolic OH excluding ortho intramolecular Hbond substituents is 2. The number of phenols is 2. The molecule has 2 aromatic rings. The van der Waals surface area contributed by atoms with Gasteiger partial charge in [-0.1, -0.05) is 26.7 Å². The lowest BCUT2D eigenvalue weighted by Crippen LogP contribution is -2.39. The van der Waals surface area contributed by atoms with Crippen molar-refractivity contribution in [2.24, 2.45) is 0 Å². The summed E-state index contributed by atoms with van der Waals surface area (Å²) in [5.41, 5.74) is 1.06. The number of benzene rings is 2. The van der Waals surface area contributed by atoms with Crippen molar-refractivity contribution in [1.82, 2.24) is 4.90 Å². The summed E-state index contributed by atoms with van der Waals surface area (Å²) in [6, 6.07) is 10.4. The standard InChI is InChI=1S/C24H35N3O5S/c1-4-6-14-26(15-7-5-2)16-17-27(24(30)22-13-12-21(28)18-23(22)29)20-10-8-19(9-11-20)25-33(3,31)32/h8-13,18,25,28-29H,4-7,14-17H2,1-3H3. The second kappa shape index (κ2) is 12.5. The van der Waals surface area contributed by atoms with Crippen molar-refractivity contribution in [2.45, 2.75) is 39.5 Å². The molecule has 0 radical (unpaired) electrons. The summed E-state index contributed by atoms with van der Waals surface area (Å²) in [7, 11) is -3.41. The van der Waals surface area contributed by atoms with E-state index in [9.17, 15) is 23.4 Å². The smallest absolute Gasteiger partial charge is 0.262 e. The molecular weight excluding hydrogens is 442 g/mol. The topological polar surface area (TPSA) is 110 Å². The first-order chi connectivity index (χ1) is 15.6. The van der Waals surface area contributed by atoms with E-state index in [-0.39, 0.29) is 17.1 Å². The Kier molecular flexibility index (Phi) is 9.99. The molecule has 0 aliphatic heterocycles. The number of sulfonamides is 1. The Balaban J connectivity index is 2.31. The van der Waals surface area contributed by atoms with Crippen LogP contribution in [0.2, 0.25) is 0 Å². The number of rotatable bonds is 13. The molecule has 0 aromatic heterocycles. The molecule has 2 aromatic carbocycles. The van der Waals surface area contributed by atoms with E-state index in [0.29, 0.717) is 24.5 Å². The van der Waals surface area contributed by atoms with E-state index < -0.39 is 15.9 Å². The number of unbranched alkanes of at least 4 members (excludes halogenated alkanes) is 2. The van der Waals surface area contributed by atoms with Gasteiger partial charge >= 0.3 is 0 Å². The second-order valence-electron chi connectivity index (χ2n) is 8.13. The van der Waals surface area contributed by atoms with Gasteiger partial charge in [0.1, 0.15) is 11.5 Å². The molecule has 2 rings (SSSR count). The Morgan fingerprint density at radius 2 is 1.52 bits per heavy atom. The number of anilines is 2. The third-order valence-corrected chi connectivity index (χ3v) is 5.84. The summed E-state index contributed by atoms with van der Waals surface area (Å²) in [5, 5.41) is 19.8. The van der Waals surface area contributed by atoms with E-state index in [4.69, 9.17) is 0 Å². The van der Waals surface area contributed by atoms with Gasteiger partial charge in [0.15, 0.2) is 0 Å². The third kappa shape index (κ3) is 8.58. The molecule has 0 bridgehead atoms. The monoisotopic (exact) mass is 477 g/mol. The predicted molar refractivity (Wildman–Crippen MR) is 133 cm³/mol. The summed E-state index contributed by atoms with van der Waals surface area (Å²) < 4.78 is 25.4. The first-order valence-corrected chi connectivity index (χ1v) is 13.2. The Hall–Kier alpha value is -2.78. The zero-order chi connectivity index (χ0) is 24.4. The average Bonchev–Trinajstić information content (AvgIpc) is 2.75. The van der Waals surface area contributed by atoms with Crippen LogP contribution in [0.25, 0.3) is 0 Å². The first-order valence-electron chi connectivity index (χ1n) is 11.3. The lowest BCUT2D eigenvalue weighted by atomic mass is 10.1. The molecule has 8 nitrogen and oxygen atoms in total. The molecular formula is C24H35N3O5S. The lowest BCUT2D eigenvalue weighted by Gasteiger charge is -2.28. The van der Waals surface area contributed by atoms with E-state index in [1.165, 1.54) is 12.1 Å². The molecule has 0 aliphatic carbocycles. The van der Waals surface area contributed by atoms with Gasteiger partial charge in [0.05, 0.1) is 11.8 Å². The lowest BCUT2D eigenvalue weighted by molar-refractivity contribution is 0.0980. The number of carbonyl (C=O) groups is 1. The van der Waals surface area contributed by atoms with Crippen LogP contribution in [0.4, 0.5) is 11.4 Å². The third-order valence-electron chi connectivity index (χ3n) is 5.23. The van der Waals surface area contributed by atoms with Gasteiger partial charge in [-0.15, -0.1) is 0 Å². The molecule has 0 fully saturated rings. The molecule has 9 heteroatoms. The van der Waals surface area contributed by atoms with Crippen LogP contribution in [0.3, 0.4) is 0 Å². The Labute approximate surface area is 196 Å². The van der Waals surface area contributed by atoms with Crippen molar-refractivity contribution in [1.29, 1.82) is 0 Å². The quantitative estimate of drug-likeness (QED) is 0.402. The number of nitrogens with zero attached hydrogens (tertiary/aromatic N) is 2. The molecule has 0 unspecified atom stereocenters. The summed E-state index contributed by atoms with van der Waals surface area (Å²) in [6.45, 7) is 7.24. The minimum absolute atomic E-state index is 0.0832. The van der Waals surface area contributed by atoms with E-state index in [0.717, 1.165) is 51.1 Å². The fraction of sp³-hybridized carbons (Fsp3) is 0.458. The normalized spacial score (nSPS) is 11.5. The SMILES string of the molecule is CCCCN(CCCC)CCN(C(=O)c1ccc(O)cc1O)c1ccc(NS(C)(=O)=O)cc1. The summed E-state index contributed by atoms with van der Waals surface area (Å²) >= 11 is 0. The van der Waals surface area contributed by atoms with Crippen molar-refractivity contribution >= 4 is 27.3 Å². The van der Waals surface area contributed by atoms with Crippen LogP contribution < -0.4 is 9.62 Å². The molecule has 0 heterocycles. The molecule has 0 atom stereocenters. The van der Waals surface area contributed by atoms with Gasteiger partial charge in [0, 0.05) is 30.5 Å². The fourth-order valence-corrected chi connectivity index (χ4v) is 4.02. The van der Waals surface area contributed by atoms with E-state index >= 15 is 0 Å². The minimum Gasteiger partial charge on any atom is -0.508 e. The highest BCUT2D eigenvalue weighted by Gasteiger charge is 2.22. The van der Waals surface area contributed by atoms with Crippen LogP contribution in [0.1, 0.15) is 49.9 Å². The largest absolute Gasteiger partial charge is 0.508 e. The molecule has 1 amide bonds. The minimum atomic E-state index is -3.41. The van der Waals surface area contributed by atoms with Gasteiger partial charge < -0.3 is 20.0 Å². The number of hydrogen-bond acceptors (Lipinski definition) is 6. The number of hydrogen-bond donors (Lipinski definition) is 3. The van der Waals surface area contributed by atoms with Crippen molar-refractivity contribution < 1.29 is 23.4 Å². The molecule has 3 N–H and O–H groups in total. The van der Waals surface area contributed by atoms with Gasteiger partial charge in [-0.25, -0.2) is 8.42 Å². The highest BCUT2D eigenvalue weighted by Crippen LogP contribution is 2.27. The molecule has 0 spiro atoms. The maximum atomic E-state index is 13.4. The Morgan fingerprint density at radius 1 is 0.909 bits per heavy atom. The Bertz CT molecular complexity index is 1000. The molecule has 0 saturated carbocycles. The molecule has 0 saturated heterocycles. The van der Waals surface area contributed by atoms with Gasteiger partial charge in [-0.3, -0.25) is 9.52 Å². The average molecular weight is 478 g/mol. The molecule has 0 aliphatic rings. The first kappa shape index (κ1) is 26.5. The van der Waals surface area contributed by atoms with E-state index in [2.05, 4.69) is 23.5 Å². The van der Waals surface area contributed by atoms with Crippen molar-refractivity contribution in [3.8, 4) is 11.5 Å². The summed E-state index contributed by atoms with van der Waals surface area (Å²) in [6.07, 6.45) is 5.39. The van der Waals surface area contributed by atoms with Crippen LogP contribution in [0.15, 0.2) is 42.5 Å². The number of nitrogens with one attached hydrogen (secondary N) is 1. The van der Waals surface area contributed by atoms with Crippen LogP contribution in [-0.2, 0) is 10.0 Å². The maximum absolute atomic E-state index is 13.4. The van der Waals surface area contributed by atoms with Gasteiger partial charge in [-0.05, 0) is 62.3 Å². The summed E-state index contributed by atoms with van der Waals surface area (Å²) in [5.74, 6) is -0.825. The van der Waals surface area contributed by atoms with E-state index in [1.54, 1.807) is 29.2 Å². The highest BCUT2D eigenvalue weighted by molar-refractivity contribution is 7.92. The second-order valence-corrected chi connectivity index (χ2v) is 9.88. The van der Waals surface area contributed by atoms with Crippen molar-refractivity contribution in [3.05, 3.63) is 48.0 Å². The summed E-state index contributed by atoms with van der Waals surface area (Å²) in [4.78, 5) is 17.3. The Morgan fingerprint density at radius 3 is 2.03 bits per heavy atom. The molecule has 33 heavy (non-hydrogen) atoms. The number of carbonyl (C=O) groups excluding carboxylic acids is 1. The van der Waals surface area contributed by atoms with Crippen molar-refractivity contribution in [2.75, 3.05) is 42.1 Å². The van der Waals surface area contributed by atoms with Gasteiger partial charge in [0.2, 0.25) is 10.0 Å². The van der Waals surface area contributed by atoms with Gasteiger partial charge in [-0.2, -0.15) is 0 Å². The zero-order valence-corrected chi connectivity index (χ0v) is 20.4. The predicted octanol–water partition coefficient (Wildman–Crippen LogP) is 4.02. The van der Waals surface area contributed by atoms with Crippen molar-refractivity contribution in [3.63, 3.8) is 0 Å². The van der Waals surface area contributed by atoms with Crippen LogP contribution in [0, 0.1) is 0 Å². The fourth-order valence-electron chi connectivity index (χ4n) is 3.46. The highest BCUT2D eigenvalue weighted by atomic mass is 32.2. The molecule has 182 valence electrons. The number of amides is 1. The zero-order valence-electron chi connectivity index (χ0n) is 19.6. The van der Waals surface area contributed by atoms with Crippen LogP contribution >= 0.6 is 0 Å².